The van der Waals surface area contributed by atoms with E-state index < -0.39 is 0 Å². The molecule has 0 atom stereocenters. The molecule has 0 bridgehead atoms. The second-order valence-corrected chi connectivity index (χ2v) is 5.03. The Balaban J connectivity index is 2.37. The van der Waals surface area contributed by atoms with Crippen LogP contribution in [0.1, 0.15) is 19.5 Å². The van der Waals surface area contributed by atoms with Crippen molar-refractivity contribution in [3.05, 3.63) is 28.6 Å². The number of nitrogens with zero attached hydrogens (tertiary/aromatic N) is 2. The van der Waals surface area contributed by atoms with Gasteiger partial charge < -0.3 is 5.32 Å². The average molecular weight is 296 g/mol. The lowest BCUT2D eigenvalue weighted by Crippen LogP contribution is -2.17. The smallest absolute Gasteiger partial charge is 0.226 e. The molecule has 0 aromatic carbocycles. The molecule has 2 aromatic rings. The molecule has 5 heteroatoms. The number of aromatic nitrogens is 2. The molecule has 0 aliphatic carbocycles. The molecule has 0 unspecified atom stereocenters. The summed E-state index contributed by atoms with van der Waals surface area (Å²) in [5.41, 5.74) is 2.56. The Morgan fingerprint density at radius 1 is 1.47 bits per heavy atom. The minimum absolute atomic E-state index is 0.0114. The monoisotopic (exact) mass is 295 g/mol. The summed E-state index contributed by atoms with van der Waals surface area (Å²) < 4.78 is 2.82. The zero-order chi connectivity index (χ0) is 12.6. The van der Waals surface area contributed by atoms with Gasteiger partial charge >= 0.3 is 0 Å². The largest absolute Gasteiger partial charge is 0.325 e. The fraction of sp³-hybridized carbons (Fsp3) is 0.333. The molecule has 0 saturated heterocycles. The highest BCUT2D eigenvalue weighted by molar-refractivity contribution is 9.10. The number of imidazole rings is 1. The molecule has 4 nitrogen and oxygen atoms in total. The van der Waals surface area contributed by atoms with Gasteiger partial charge in [0.1, 0.15) is 10.3 Å². The Bertz CT molecular complexity index is 574. The first kappa shape index (κ1) is 12.1. The van der Waals surface area contributed by atoms with Crippen LogP contribution in [-0.2, 0) is 4.79 Å². The van der Waals surface area contributed by atoms with Gasteiger partial charge in [-0.15, -0.1) is 0 Å². The third-order valence-electron chi connectivity index (χ3n) is 2.51. The van der Waals surface area contributed by atoms with E-state index >= 15 is 0 Å². The van der Waals surface area contributed by atoms with Crippen LogP contribution in [0.3, 0.4) is 0 Å². The number of aryl methyl sites for hydroxylation is 1. The molecule has 2 rings (SSSR count). The predicted octanol–water partition coefficient (Wildman–Crippen LogP) is 3.00. The molecule has 0 aliphatic rings. The molecule has 90 valence electrons. The Morgan fingerprint density at radius 3 is 2.82 bits per heavy atom. The zero-order valence-electron chi connectivity index (χ0n) is 9.99. The summed E-state index contributed by atoms with van der Waals surface area (Å²) >= 11 is 3.47. The molecule has 0 aliphatic heterocycles. The second-order valence-electron chi connectivity index (χ2n) is 4.28. The van der Waals surface area contributed by atoms with E-state index in [1.54, 1.807) is 0 Å². The number of anilines is 1. The Labute approximate surface area is 108 Å². The van der Waals surface area contributed by atoms with Crippen LogP contribution < -0.4 is 5.32 Å². The fourth-order valence-corrected chi connectivity index (χ4v) is 1.87. The number of halogens is 1. The van der Waals surface area contributed by atoms with Gasteiger partial charge in [0.25, 0.3) is 0 Å². The molecule has 1 amide bonds. The van der Waals surface area contributed by atoms with Crippen molar-refractivity contribution in [2.45, 2.75) is 20.8 Å². The van der Waals surface area contributed by atoms with E-state index in [0.29, 0.717) is 0 Å². The highest BCUT2D eigenvalue weighted by Crippen LogP contribution is 2.20. The van der Waals surface area contributed by atoms with Gasteiger partial charge in [-0.2, -0.15) is 0 Å². The van der Waals surface area contributed by atoms with Crippen molar-refractivity contribution in [3.8, 4) is 0 Å². The minimum Gasteiger partial charge on any atom is -0.325 e. The number of hydrogen-bond acceptors (Lipinski definition) is 2. The number of amides is 1. The highest BCUT2D eigenvalue weighted by Gasteiger charge is 2.09. The van der Waals surface area contributed by atoms with Crippen molar-refractivity contribution >= 4 is 33.2 Å². The molecular formula is C12H14BrN3O. The van der Waals surface area contributed by atoms with Gasteiger partial charge in [0.15, 0.2) is 0 Å². The summed E-state index contributed by atoms with van der Waals surface area (Å²) in [5.74, 6) is -0.0176. The average Bonchev–Trinajstić information content (AvgIpc) is 2.55. The van der Waals surface area contributed by atoms with Gasteiger partial charge in [-0.25, -0.2) is 4.98 Å². The number of pyridine rings is 1. The first-order chi connectivity index (χ1) is 7.99. The molecule has 2 heterocycles. The van der Waals surface area contributed by atoms with Crippen molar-refractivity contribution in [3.63, 3.8) is 0 Å². The van der Waals surface area contributed by atoms with Crippen molar-refractivity contribution in [2.75, 3.05) is 5.32 Å². The Morgan fingerprint density at radius 2 is 2.18 bits per heavy atom. The Hall–Kier alpha value is -1.36. The molecule has 17 heavy (non-hydrogen) atoms. The van der Waals surface area contributed by atoms with Crippen molar-refractivity contribution in [2.24, 2.45) is 5.92 Å². The molecular weight excluding hydrogens is 282 g/mol. The summed E-state index contributed by atoms with van der Waals surface area (Å²) in [5, 5.41) is 2.86. The molecule has 0 radical (unpaired) electrons. The molecule has 0 spiro atoms. The maximum absolute atomic E-state index is 11.6. The first-order valence-corrected chi connectivity index (χ1v) is 6.23. The van der Waals surface area contributed by atoms with E-state index in [4.69, 9.17) is 0 Å². The van der Waals surface area contributed by atoms with Crippen LogP contribution in [0.25, 0.3) is 5.65 Å². The third-order valence-corrected chi connectivity index (χ3v) is 3.47. The molecule has 2 aromatic heterocycles. The van der Waals surface area contributed by atoms with Gasteiger partial charge in [0.05, 0.1) is 11.4 Å². The van der Waals surface area contributed by atoms with Gasteiger partial charge in [0.2, 0.25) is 5.91 Å². The first-order valence-electron chi connectivity index (χ1n) is 5.44. The summed E-state index contributed by atoms with van der Waals surface area (Å²) in [6.07, 6.45) is 1.86. The van der Waals surface area contributed by atoms with Crippen LogP contribution in [0.15, 0.2) is 22.9 Å². The fourth-order valence-electron chi connectivity index (χ4n) is 1.49. The normalized spacial score (nSPS) is 11.1. The number of nitrogens with one attached hydrogen (secondary N) is 1. The topological polar surface area (TPSA) is 46.4 Å². The van der Waals surface area contributed by atoms with Crippen LogP contribution in [-0.4, -0.2) is 15.3 Å². The summed E-state index contributed by atoms with van der Waals surface area (Å²) in [6, 6.07) is 3.74. The lowest BCUT2D eigenvalue weighted by molar-refractivity contribution is -0.118. The number of rotatable bonds is 2. The van der Waals surface area contributed by atoms with E-state index in [1.165, 1.54) is 0 Å². The van der Waals surface area contributed by atoms with Crippen LogP contribution in [0.5, 0.6) is 0 Å². The third kappa shape index (κ3) is 2.34. The SMILES string of the molecule is Cc1nc2ccc(NC(=O)C(C)C)cn2c1Br. The van der Waals surface area contributed by atoms with Crippen LogP contribution in [0, 0.1) is 12.8 Å². The van der Waals surface area contributed by atoms with Crippen molar-refractivity contribution in [1.82, 2.24) is 9.38 Å². The lowest BCUT2D eigenvalue weighted by Gasteiger charge is -2.08. The Kier molecular flexibility index (Phi) is 3.19. The van der Waals surface area contributed by atoms with E-state index in [9.17, 15) is 4.79 Å². The van der Waals surface area contributed by atoms with Crippen LogP contribution in [0.2, 0.25) is 0 Å². The van der Waals surface area contributed by atoms with E-state index in [-0.39, 0.29) is 11.8 Å². The van der Waals surface area contributed by atoms with Crippen LogP contribution >= 0.6 is 15.9 Å². The summed E-state index contributed by atoms with van der Waals surface area (Å²) in [4.78, 5) is 16.0. The van der Waals surface area contributed by atoms with Gasteiger partial charge in [-0.1, -0.05) is 13.8 Å². The van der Waals surface area contributed by atoms with Crippen molar-refractivity contribution in [1.29, 1.82) is 0 Å². The minimum atomic E-state index is -0.0290. The van der Waals surface area contributed by atoms with Crippen LogP contribution in [0.4, 0.5) is 5.69 Å². The number of hydrogen-bond donors (Lipinski definition) is 1. The number of carbonyl (C=O) groups is 1. The zero-order valence-corrected chi connectivity index (χ0v) is 11.6. The quantitative estimate of drug-likeness (QED) is 0.926. The molecule has 0 saturated carbocycles. The van der Waals surface area contributed by atoms with E-state index in [2.05, 4.69) is 26.2 Å². The number of fused-ring (bicyclic) bond motifs is 1. The summed E-state index contributed by atoms with van der Waals surface area (Å²) in [7, 11) is 0. The standard InChI is InChI=1S/C12H14BrN3O/c1-7(2)12(17)15-9-4-5-10-14-8(3)11(13)16(10)6-9/h4-7H,1-3H3,(H,15,17). The summed E-state index contributed by atoms with van der Waals surface area (Å²) in [6.45, 7) is 5.67. The lowest BCUT2D eigenvalue weighted by atomic mass is 10.2. The van der Waals surface area contributed by atoms with E-state index in [1.807, 2.05) is 43.5 Å². The number of carbonyl (C=O) groups excluding carboxylic acids is 1. The molecule has 1 N–H and O–H groups in total. The predicted molar refractivity (Wildman–Crippen MR) is 71.1 cm³/mol. The highest BCUT2D eigenvalue weighted by atomic mass is 79.9. The van der Waals surface area contributed by atoms with Gasteiger partial charge in [0, 0.05) is 12.1 Å². The maximum Gasteiger partial charge on any atom is 0.226 e. The molecule has 0 fully saturated rings. The van der Waals surface area contributed by atoms with Crippen molar-refractivity contribution < 1.29 is 4.79 Å². The van der Waals surface area contributed by atoms with Gasteiger partial charge in [-0.3, -0.25) is 9.20 Å². The second kappa shape index (κ2) is 4.49. The van der Waals surface area contributed by atoms with Gasteiger partial charge in [-0.05, 0) is 35.0 Å². The van der Waals surface area contributed by atoms with E-state index in [0.717, 1.165) is 21.6 Å². The maximum atomic E-state index is 11.6.